The molecule has 1 aromatic carbocycles. The van der Waals surface area contributed by atoms with Crippen LogP contribution in [0.3, 0.4) is 0 Å². The highest BCUT2D eigenvalue weighted by molar-refractivity contribution is 5.37. The summed E-state index contributed by atoms with van der Waals surface area (Å²) in [7, 11) is 0. The van der Waals surface area contributed by atoms with Crippen molar-refractivity contribution in [2.75, 3.05) is 6.54 Å². The molecule has 0 fully saturated rings. The topological polar surface area (TPSA) is 35.8 Å². The normalized spacial score (nSPS) is 14.8. The van der Waals surface area contributed by atoms with Crippen molar-refractivity contribution in [1.29, 1.82) is 5.26 Å². The predicted molar refractivity (Wildman–Crippen MR) is 78.8 cm³/mol. The molecule has 0 aromatic heterocycles. The van der Waals surface area contributed by atoms with Gasteiger partial charge < -0.3 is 5.32 Å². The number of benzene rings is 1. The number of aryl methyl sites for hydroxylation is 1. The Bertz CT molecular complexity index is 494. The average Bonchev–Trinajstić information content (AvgIpc) is 2.46. The van der Waals surface area contributed by atoms with Crippen molar-refractivity contribution in [3.63, 3.8) is 0 Å². The fraction of sp³-hybridized carbons (Fsp3) is 0.471. The van der Waals surface area contributed by atoms with Crippen LogP contribution in [0.5, 0.6) is 0 Å². The first kappa shape index (κ1) is 13.8. The fourth-order valence-corrected chi connectivity index (χ4v) is 2.57. The van der Waals surface area contributed by atoms with E-state index in [1.165, 1.54) is 43.2 Å². The van der Waals surface area contributed by atoms with Gasteiger partial charge in [-0.2, -0.15) is 5.26 Å². The Balaban J connectivity index is 1.76. The zero-order valence-electron chi connectivity index (χ0n) is 11.7. The molecule has 0 amide bonds. The summed E-state index contributed by atoms with van der Waals surface area (Å²) in [5, 5.41) is 12.3. The lowest BCUT2D eigenvalue weighted by Crippen LogP contribution is -2.16. The minimum Gasteiger partial charge on any atom is -0.312 e. The Morgan fingerprint density at radius 1 is 1.32 bits per heavy atom. The number of allylic oxidation sites excluding steroid dienone is 1. The molecule has 0 radical (unpaired) electrons. The van der Waals surface area contributed by atoms with Crippen LogP contribution in [0.15, 0.2) is 29.8 Å². The van der Waals surface area contributed by atoms with Gasteiger partial charge in [0.2, 0.25) is 0 Å². The van der Waals surface area contributed by atoms with Gasteiger partial charge in [-0.15, -0.1) is 0 Å². The van der Waals surface area contributed by atoms with Crippen LogP contribution in [-0.4, -0.2) is 6.54 Å². The number of nitriles is 1. The summed E-state index contributed by atoms with van der Waals surface area (Å²) in [6.45, 7) is 4.01. The molecule has 1 aliphatic carbocycles. The van der Waals surface area contributed by atoms with Gasteiger partial charge in [-0.25, -0.2) is 0 Å². The maximum atomic E-state index is 8.84. The largest absolute Gasteiger partial charge is 0.312 e. The van der Waals surface area contributed by atoms with E-state index < -0.39 is 0 Å². The molecule has 2 rings (SSSR count). The van der Waals surface area contributed by atoms with Crippen LogP contribution < -0.4 is 5.32 Å². The van der Waals surface area contributed by atoms with Gasteiger partial charge in [0.25, 0.3) is 0 Å². The molecular formula is C17H22N2. The highest BCUT2D eigenvalue weighted by Gasteiger charge is 2.03. The number of rotatable bonds is 5. The second kappa shape index (κ2) is 7.11. The second-order valence-electron chi connectivity index (χ2n) is 5.29. The molecule has 0 aliphatic heterocycles. The molecule has 2 nitrogen and oxygen atoms in total. The molecule has 1 aromatic rings. The lowest BCUT2D eigenvalue weighted by Gasteiger charge is -2.13. The van der Waals surface area contributed by atoms with Crippen LogP contribution in [0.4, 0.5) is 0 Å². The van der Waals surface area contributed by atoms with Crippen molar-refractivity contribution < 1.29 is 0 Å². The van der Waals surface area contributed by atoms with E-state index in [4.69, 9.17) is 5.26 Å². The molecule has 1 aliphatic rings. The average molecular weight is 254 g/mol. The summed E-state index contributed by atoms with van der Waals surface area (Å²) in [5.41, 5.74) is 4.85. The van der Waals surface area contributed by atoms with Crippen LogP contribution in [0.25, 0.3) is 0 Å². The van der Waals surface area contributed by atoms with E-state index in [9.17, 15) is 0 Å². The lowest BCUT2D eigenvalue weighted by molar-refractivity contribution is 0.631. The van der Waals surface area contributed by atoms with Crippen LogP contribution >= 0.6 is 0 Å². The Morgan fingerprint density at radius 3 is 2.89 bits per heavy atom. The van der Waals surface area contributed by atoms with Crippen molar-refractivity contribution in [2.45, 2.75) is 45.6 Å². The monoisotopic (exact) mass is 254 g/mol. The van der Waals surface area contributed by atoms with Crippen molar-refractivity contribution >= 4 is 0 Å². The standard InChI is InChI=1S/C17H22N2/c1-14-11-16(12-18)7-8-17(14)13-19-10-9-15-5-3-2-4-6-15/h5,7-8,11,19H,2-4,6,9-10,13H2,1H3. The molecule has 0 bridgehead atoms. The summed E-state index contributed by atoms with van der Waals surface area (Å²) in [4.78, 5) is 0. The third kappa shape index (κ3) is 4.22. The van der Waals surface area contributed by atoms with Crippen molar-refractivity contribution in [1.82, 2.24) is 5.32 Å². The molecule has 19 heavy (non-hydrogen) atoms. The van der Waals surface area contributed by atoms with Crippen LogP contribution in [0.2, 0.25) is 0 Å². The first-order valence-electron chi connectivity index (χ1n) is 7.18. The first-order valence-corrected chi connectivity index (χ1v) is 7.18. The predicted octanol–water partition coefficient (Wildman–Crippen LogP) is 3.85. The molecule has 0 atom stereocenters. The smallest absolute Gasteiger partial charge is 0.0991 e. The Morgan fingerprint density at radius 2 is 2.21 bits per heavy atom. The quantitative estimate of drug-likeness (QED) is 0.640. The van der Waals surface area contributed by atoms with E-state index in [0.717, 1.165) is 18.7 Å². The van der Waals surface area contributed by atoms with Gasteiger partial charge in [0.05, 0.1) is 11.6 Å². The van der Waals surface area contributed by atoms with Crippen molar-refractivity contribution in [3.05, 3.63) is 46.5 Å². The minimum atomic E-state index is 0.744. The maximum Gasteiger partial charge on any atom is 0.0991 e. The molecule has 0 saturated heterocycles. The third-order valence-corrected chi connectivity index (χ3v) is 3.80. The molecule has 0 heterocycles. The van der Waals surface area contributed by atoms with Crippen LogP contribution in [0.1, 0.15) is 48.8 Å². The van der Waals surface area contributed by atoms with E-state index in [-0.39, 0.29) is 0 Å². The maximum absolute atomic E-state index is 8.84. The summed E-state index contributed by atoms with van der Waals surface area (Å²) in [6, 6.07) is 8.09. The molecular weight excluding hydrogens is 232 g/mol. The number of nitrogens with zero attached hydrogens (tertiary/aromatic N) is 1. The van der Waals surface area contributed by atoms with Gasteiger partial charge in [-0.1, -0.05) is 17.7 Å². The molecule has 0 spiro atoms. The Labute approximate surface area is 116 Å². The Hall–Kier alpha value is -1.59. The van der Waals surface area contributed by atoms with Gasteiger partial charge in [0.15, 0.2) is 0 Å². The highest BCUT2D eigenvalue weighted by Crippen LogP contribution is 2.19. The molecule has 2 heteroatoms. The number of hydrogen-bond donors (Lipinski definition) is 1. The fourth-order valence-electron chi connectivity index (χ4n) is 2.57. The van der Waals surface area contributed by atoms with E-state index in [1.807, 2.05) is 12.1 Å². The second-order valence-corrected chi connectivity index (χ2v) is 5.29. The Kier molecular flexibility index (Phi) is 5.18. The highest BCUT2D eigenvalue weighted by atomic mass is 14.8. The van der Waals surface area contributed by atoms with Crippen LogP contribution in [0, 0.1) is 18.3 Å². The summed E-state index contributed by atoms with van der Waals surface area (Å²) in [5.74, 6) is 0. The molecule has 1 N–H and O–H groups in total. The third-order valence-electron chi connectivity index (χ3n) is 3.80. The summed E-state index contributed by atoms with van der Waals surface area (Å²) >= 11 is 0. The van der Waals surface area contributed by atoms with Gasteiger partial charge in [0, 0.05) is 6.54 Å². The van der Waals surface area contributed by atoms with Gasteiger partial charge in [0.1, 0.15) is 0 Å². The molecule has 0 saturated carbocycles. The molecule has 100 valence electrons. The zero-order chi connectivity index (χ0) is 13.5. The number of nitrogens with one attached hydrogen (secondary N) is 1. The van der Waals surface area contributed by atoms with Gasteiger partial charge >= 0.3 is 0 Å². The van der Waals surface area contributed by atoms with Gasteiger partial charge in [-0.3, -0.25) is 0 Å². The van der Waals surface area contributed by atoms with Crippen molar-refractivity contribution in [3.8, 4) is 6.07 Å². The first-order chi connectivity index (χ1) is 9.29. The van der Waals surface area contributed by atoms with E-state index >= 15 is 0 Å². The van der Waals surface area contributed by atoms with Gasteiger partial charge in [-0.05, 0) is 68.8 Å². The van der Waals surface area contributed by atoms with E-state index in [2.05, 4.69) is 30.5 Å². The summed E-state index contributed by atoms with van der Waals surface area (Å²) in [6.07, 6.45) is 8.87. The van der Waals surface area contributed by atoms with E-state index in [0.29, 0.717) is 0 Å². The lowest BCUT2D eigenvalue weighted by atomic mass is 9.97. The SMILES string of the molecule is Cc1cc(C#N)ccc1CNCCC1=CCCCC1. The van der Waals surface area contributed by atoms with E-state index in [1.54, 1.807) is 5.57 Å². The van der Waals surface area contributed by atoms with Crippen LogP contribution in [-0.2, 0) is 6.54 Å². The molecule has 0 unspecified atom stereocenters. The zero-order valence-corrected chi connectivity index (χ0v) is 11.7. The summed E-state index contributed by atoms with van der Waals surface area (Å²) < 4.78 is 0. The number of hydrogen-bond acceptors (Lipinski definition) is 2. The minimum absolute atomic E-state index is 0.744. The van der Waals surface area contributed by atoms with Crippen molar-refractivity contribution in [2.24, 2.45) is 0 Å².